The van der Waals surface area contributed by atoms with Crippen molar-refractivity contribution in [2.45, 2.75) is 0 Å². The Morgan fingerprint density at radius 3 is 2.81 bits per heavy atom. The van der Waals surface area contributed by atoms with Gasteiger partial charge in [0.05, 0.1) is 17.5 Å². The van der Waals surface area contributed by atoms with E-state index in [2.05, 4.69) is 5.32 Å². The number of carbonyl (C=O) groups is 1. The summed E-state index contributed by atoms with van der Waals surface area (Å²) in [6.45, 7) is 0. The third-order valence-corrected chi connectivity index (χ3v) is 1.98. The van der Waals surface area contributed by atoms with E-state index in [0.717, 1.165) is 6.07 Å². The summed E-state index contributed by atoms with van der Waals surface area (Å²) >= 11 is 0. The second kappa shape index (κ2) is 4.06. The molecule has 0 atom stereocenters. The van der Waals surface area contributed by atoms with E-state index in [1.165, 1.54) is 30.7 Å². The molecule has 4 nitrogen and oxygen atoms in total. The van der Waals surface area contributed by atoms with Gasteiger partial charge in [0.15, 0.2) is 0 Å². The van der Waals surface area contributed by atoms with Crippen molar-refractivity contribution in [3.8, 4) is 5.75 Å². The topological polar surface area (TPSA) is 62.5 Å². The van der Waals surface area contributed by atoms with Crippen LogP contribution in [0.2, 0.25) is 0 Å². The summed E-state index contributed by atoms with van der Waals surface area (Å²) in [6, 6.07) is 4.95. The van der Waals surface area contributed by atoms with Crippen LogP contribution in [0.25, 0.3) is 0 Å². The Kier molecular flexibility index (Phi) is 2.59. The highest BCUT2D eigenvalue weighted by molar-refractivity contribution is 6.04. The lowest BCUT2D eigenvalue weighted by molar-refractivity contribution is 0.102. The van der Waals surface area contributed by atoms with Gasteiger partial charge in [0.2, 0.25) is 0 Å². The van der Waals surface area contributed by atoms with Crippen molar-refractivity contribution in [2.75, 3.05) is 5.32 Å². The molecule has 5 heteroatoms. The number of halogens is 1. The lowest BCUT2D eigenvalue weighted by Crippen LogP contribution is -2.11. The van der Waals surface area contributed by atoms with Gasteiger partial charge in [-0.3, -0.25) is 4.79 Å². The molecule has 2 rings (SSSR count). The first-order valence-corrected chi connectivity index (χ1v) is 4.49. The highest BCUT2D eigenvalue weighted by atomic mass is 19.1. The Balaban J connectivity index is 2.18. The number of rotatable bonds is 2. The molecule has 1 aromatic heterocycles. The maximum atomic E-state index is 13.3. The van der Waals surface area contributed by atoms with Crippen molar-refractivity contribution in [3.63, 3.8) is 0 Å². The van der Waals surface area contributed by atoms with Crippen LogP contribution in [0.5, 0.6) is 5.75 Å². The number of anilines is 1. The van der Waals surface area contributed by atoms with Gasteiger partial charge in [-0.05, 0) is 18.2 Å². The number of phenolic OH excluding ortho intramolecular Hbond substituents is 1. The summed E-state index contributed by atoms with van der Waals surface area (Å²) in [4.78, 5) is 11.5. The van der Waals surface area contributed by atoms with E-state index in [0.29, 0.717) is 5.56 Å². The fourth-order valence-corrected chi connectivity index (χ4v) is 1.19. The standard InChI is InChI=1S/C11H8FNO3/c12-9-5-8(14)1-2-10(9)13-11(15)7-3-4-16-6-7/h1-6,14H,(H,13,15). The van der Waals surface area contributed by atoms with Crippen LogP contribution in [0.4, 0.5) is 10.1 Å². The molecule has 0 fully saturated rings. The minimum absolute atomic E-state index is 0.00370. The number of amides is 1. The number of furan rings is 1. The summed E-state index contributed by atoms with van der Waals surface area (Å²) in [5.41, 5.74) is 0.302. The van der Waals surface area contributed by atoms with Gasteiger partial charge in [-0.1, -0.05) is 0 Å². The fraction of sp³-hybridized carbons (Fsp3) is 0. The Labute approximate surface area is 90.3 Å². The number of benzene rings is 1. The van der Waals surface area contributed by atoms with Crippen LogP contribution in [0.15, 0.2) is 41.2 Å². The number of hydrogen-bond acceptors (Lipinski definition) is 3. The Morgan fingerprint density at radius 1 is 1.38 bits per heavy atom. The summed E-state index contributed by atoms with van der Waals surface area (Å²) < 4.78 is 18.0. The first-order valence-electron chi connectivity index (χ1n) is 4.49. The summed E-state index contributed by atoms with van der Waals surface area (Å²) in [5.74, 6) is -1.37. The SMILES string of the molecule is O=C(Nc1ccc(O)cc1F)c1ccoc1. The van der Waals surface area contributed by atoms with Crippen LogP contribution in [0.3, 0.4) is 0 Å². The molecule has 0 aliphatic carbocycles. The number of aromatic hydroxyl groups is 1. The zero-order valence-corrected chi connectivity index (χ0v) is 8.11. The van der Waals surface area contributed by atoms with E-state index in [1.807, 2.05) is 0 Å². The minimum atomic E-state index is -0.697. The van der Waals surface area contributed by atoms with Crippen molar-refractivity contribution >= 4 is 11.6 Å². The predicted molar refractivity (Wildman–Crippen MR) is 54.7 cm³/mol. The van der Waals surface area contributed by atoms with E-state index < -0.39 is 11.7 Å². The molecule has 0 saturated carbocycles. The van der Waals surface area contributed by atoms with Crippen LogP contribution in [0.1, 0.15) is 10.4 Å². The zero-order chi connectivity index (χ0) is 11.5. The minimum Gasteiger partial charge on any atom is -0.508 e. The number of nitrogens with one attached hydrogen (secondary N) is 1. The normalized spacial score (nSPS) is 10.1. The van der Waals surface area contributed by atoms with Gasteiger partial charge in [0.1, 0.15) is 17.8 Å². The van der Waals surface area contributed by atoms with Crippen LogP contribution in [-0.4, -0.2) is 11.0 Å². The molecule has 0 aliphatic rings. The number of carbonyl (C=O) groups excluding carboxylic acids is 1. The van der Waals surface area contributed by atoms with Crippen LogP contribution in [0, 0.1) is 5.82 Å². The van der Waals surface area contributed by atoms with Crippen molar-refractivity contribution in [2.24, 2.45) is 0 Å². The maximum absolute atomic E-state index is 13.3. The Bertz CT molecular complexity index is 508. The average molecular weight is 221 g/mol. The Hall–Kier alpha value is -2.30. The van der Waals surface area contributed by atoms with Gasteiger partial charge in [-0.2, -0.15) is 0 Å². The second-order valence-corrected chi connectivity index (χ2v) is 3.13. The summed E-state index contributed by atoms with van der Waals surface area (Å²) in [5, 5.41) is 11.3. The van der Waals surface area contributed by atoms with Gasteiger partial charge < -0.3 is 14.8 Å². The Morgan fingerprint density at radius 2 is 2.19 bits per heavy atom. The van der Waals surface area contributed by atoms with E-state index >= 15 is 0 Å². The van der Waals surface area contributed by atoms with Gasteiger partial charge in [0, 0.05) is 6.07 Å². The fourth-order valence-electron chi connectivity index (χ4n) is 1.19. The van der Waals surface area contributed by atoms with Crippen molar-refractivity contribution in [1.82, 2.24) is 0 Å². The molecule has 16 heavy (non-hydrogen) atoms. The largest absolute Gasteiger partial charge is 0.508 e. The molecule has 0 radical (unpaired) electrons. The summed E-state index contributed by atoms with van der Waals surface area (Å²) in [7, 11) is 0. The molecule has 1 heterocycles. The average Bonchev–Trinajstić information content (AvgIpc) is 2.75. The molecule has 0 bridgehead atoms. The quantitative estimate of drug-likeness (QED) is 0.765. The van der Waals surface area contributed by atoms with Crippen molar-refractivity contribution in [3.05, 3.63) is 48.2 Å². The molecule has 0 unspecified atom stereocenters. The molecule has 82 valence electrons. The van der Waals surface area contributed by atoms with E-state index in [9.17, 15) is 9.18 Å². The third kappa shape index (κ3) is 2.03. The molecular weight excluding hydrogens is 213 g/mol. The van der Waals surface area contributed by atoms with Crippen LogP contribution in [-0.2, 0) is 0 Å². The highest BCUT2D eigenvalue weighted by Crippen LogP contribution is 2.20. The number of phenols is 1. The molecule has 0 spiro atoms. The van der Waals surface area contributed by atoms with Crippen molar-refractivity contribution < 1.29 is 18.7 Å². The lowest BCUT2D eigenvalue weighted by atomic mass is 10.2. The first-order chi connectivity index (χ1) is 7.66. The molecule has 1 amide bonds. The van der Waals surface area contributed by atoms with Crippen molar-refractivity contribution in [1.29, 1.82) is 0 Å². The van der Waals surface area contributed by atoms with Crippen LogP contribution < -0.4 is 5.32 Å². The maximum Gasteiger partial charge on any atom is 0.258 e. The summed E-state index contributed by atoms with van der Waals surface area (Å²) in [6.07, 6.45) is 2.61. The van der Waals surface area contributed by atoms with Gasteiger partial charge >= 0.3 is 0 Å². The molecule has 1 aromatic carbocycles. The van der Waals surface area contributed by atoms with Gasteiger partial charge in [-0.25, -0.2) is 4.39 Å². The highest BCUT2D eigenvalue weighted by Gasteiger charge is 2.10. The zero-order valence-electron chi connectivity index (χ0n) is 8.11. The molecule has 2 N–H and O–H groups in total. The predicted octanol–water partition coefficient (Wildman–Crippen LogP) is 2.38. The number of hydrogen-bond donors (Lipinski definition) is 2. The van der Waals surface area contributed by atoms with E-state index in [-0.39, 0.29) is 11.4 Å². The van der Waals surface area contributed by atoms with Crippen LogP contribution >= 0.6 is 0 Å². The lowest BCUT2D eigenvalue weighted by Gasteiger charge is -2.04. The molecule has 0 saturated heterocycles. The monoisotopic (exact) mass is 221 g/mol. The van der Waals surface area contributed by atoms with E-state index in [4.69, 9.17) is 9.52 Å². The molecule has 2 aromatic rings. The van der Waals surface area contributed by atoms with Gasteiger partial charge in [0.25, 0.3) is 5.91 Å². The molecule has 0 aliphatic heterocycles. The molecular formula is C11H8FNO3. The van der Waals surface area contributed by atoms with E-state index in [1.54, 1.807) is 0 Å². The second-order valence-electron chi connectivity index (χ2n) is 3.13. The third-order valence-electron chi connectivity index (χ3n) is 1.98. The smallest absolute Gasteiger partial charge is 0.258 e. The first kappa shape index (κ1) is 10.2. The van der Waals surface area contributed by atoms with Gasteiger partial charge in [-0.15, -0.1) is 0 Å².